The fraction of sp³-hybridized carbons (Fsp3) is 0.208. The molecule has 2 aromatic heterocycles. The number of hydrogen-bond acceptors (Lipinski definition) is 7. The second kappa shape index (κ2) is 8.84. The summed E-state index contributed by atoms with van der Waals surface area (Å²) in [4.78, 5) is 22.3. The number of nitrogens with two attached hydrogens (primary N) is 1. The van der Waals surface area contributed by atoms with Crippen molar-refractivity contribution in [3.63, 3.8) is 0 Å². The summed E-state index contributed by atoms with van der Waals surface area (Å²) >= 11 is 1.63. The van der Waals surface area contributed by atoms with Gasteiger partial charge in [0, 0.05) is 22.1 Å². The van der Waals surface area contributed by atoms with E-state index in [2.05, 4.69) is 15.3 Å². The standard InChI is InChI=1S/C24H24N4O3S/c1-5-14-10-15(11-19(30-3)21(14)31-4)23(29)27-16-6-7-20-17(12-16)13(2)22(32-20)18-8-9-26-24(25)28-18/h6-12H,5H2,1-4H3,(H,27,29)(H2,25,26,28). The molecule has 3 N–H and O–H groups in total. The van der Waals surface area contributed by atoms with Crippen LogP contribution in [0.1, 0.15) is 28.4 Å². The van der Waals surface area contributed by atoms with E-state index in [0.717, 1.165) is 38.2 Å². The molecule has 8 heteroatoms. The first-order chi connectivity index (χ1) is 15.4. The van der Waals surface area contributed by atoms with Gasteiger partial charge in [0.2, 0.25) is 5.95 Å². The fourth-order valence-corrected chi connectivity index (χ4v) is 4.84. The van der Waals surface area contributed by atoms with Crippen LogP contribution in [0.4, 0.5) is 11.6 Å². The van der Waals surface area contributed by atoms with Crippen LogP contribution in [0, 0.1) is 6.92 Å². The van der Waals surface area contributed by atoms with Gasteiger partial charge in [0.05, 0.1) is 24.8 Å². The molecule has 0 atom stereocenters. The quantitative estimate of drug-likeness (QED) is 0.427. The number of thiophene rings is 1. The Morgan fingerprint density at radius 1 is 1.16 bits per heavy atom. The molecule has 0 saturated carbocycles. The predicted molar refractivity (Wildman–Crippen MR) is 129 cm³/mol. The van der Waals surface area contributed by atoms with Crippen molar-refractivity contribution in [3.05, 3.63) is 59.3 Å². The van der Waals surface area contributed by atoms with Crippen LogP contribution in [0.3, 0.4) is 0 Å². The lowest BCUT2D eigenvalue weighted by atomic mass is 10.1. The molecule has 0 unspecified atom stereocenters. The first-order valence-corrected chi connectivity index (χ1v) is 10.9. The third-order valence-electron chi connectivity index (χ3n) is 5.30. The zero-order valence-corrected chi connectivity index (χ0v) is 19.2. The summed E-state index contributed by atoms with van der Waals surface area (Å²) in [5.41, 5.74) is 9.76. The summed E-state index contributed by atoms with van der Waals surface area (Å²) in [7, 11) is 3.16. The molecule has 2 heterocycles. The molecule has 2 aromatic carbocycles. The summed E-state index contributed by atoms with van der Waals surface area (Å²) in [6.45, 7) is 4.05. The van der Waals surface area contributed by atoms with E-state index < -0.39 is 0 Å². The molecule has 0 saturated heterocycles. The van der Waals surface area contributed by atoms with E-state index in [0.29, 0.717) is 22.7 Å². The van der Waals surface area contributed by atoms with E-state index in [4.69, 9.17) is 15.2 Å². The minimum Gasteiger partial charge on any atom is -0.493 e. The van der Waals surface area contributed by atoms with Gasteiger partial charge in [-0.2, -0.15) is 0 Å². The number of anilines is 2. The summed E-state index contributed by atoms with van der Waals surface area (Å²) in [6.07, 6.45) is 2.37. The van der Waals surface area contributed by atoms with E-state index in [1.54, 1.807) is 37.8 Å². The summed E-state index contributed by atoms with van der Waals surface area (Å²) in [5.74, 6) is 1.22. The second-order valence-electron chi connectivity index (χ2n) is 7.25. The van der Waals surface area contributed by atoms with Crippen LogP contribution in [0.25, 0.3) is 20.7 Å². The summed E-state index contributed by atoms with van der Waals surface area (Å²) < 4.78 is 12.0. The highest BCUT2D eigenvalue weighted by Gasteiger charge is 2.17. The molecule has 0 aliphatic carbocycles. The molecule has 1 amide bonds. The van der Waals surface area contributed by atoms with Crippen LogP contribution >= 0.6 is 11.3 Å². The van der Waals surface area contributed by atoms with Gasteiger partial charge in [0.1, 0.15) is 0 Å². The first kappa shape index (κ1) is 21.6. The van der Waals surface area contributed by atoms with Crippen LogP contribution in [0.15, 0.2) is 42.6 Å². The Bertz CT molecular complexity index is 1290. The van der Waals surface area contributed by atoms with Crippen molar-refractivity contribution < 1.29 is 14.3 Å². The number of fused-ring (bicyclic) bond motifs is 1. The average Bonchev–Trinajstić information content (AvgIpc) is 3.13. The van der Waals surface area contributed by atoms with Gasteiger partial charge in [-0.25, -0.2) is 9.97 Å². The maximum atomic E-state index is 13.0. The van der Waals surface area contributed by atoms with Gasteiger partial charge < -0.3 is 20.5 Å². The van der Waals surface area contributed by atoms with Gasteiger partial charge in [-0.3, -0.25) is 4.79 Å². The van der Waals surface area contributed by atoms with Gasteiger partial charge >= 0.3 is 0 Å². The normalized spacial score (nSPS) is 10.9. The van der Waals surface area contributed by atoms with E-state index >= 15 is 0 Å². The van der Waals surface area contributed by atoms with Crippen molar-refractivity contribution >= 4 is 39.0 Å². The van der Waals surface area contributed by atoms with Crippen LogP contribution in [0.2, 0.25) is 0 Å². The molecule has 0 aliphatic heterocycles. The molecule has 0 radical (unpaired) electrons. The van der Waals surface area contributed by atoms with Gasteiger partial charge in [-0.15, -0.1) is 11.3 Å². The molecule has 0 fully saturated rings. The van der Waals surface area contributed by atoms with Crippen molar-refractivity contribution in [2.45, 2.75) is 20.3 Å². The predicted octanol–water partition coefficient (Wildman–Crippen LogP) is 5.08. The van der Waals surface area contributed by atoms with E-state index in [-0.39, 0.29) is 11.9 Å². The topological polar surface area (TPSA) is 99.4 Å². The highest BCUT2D eigenvalue weighted by Crippen LogP contribution is 2.39. The highest BCUT2D eigenvalue weighted by molar-refractivity contribution is 7.22. The van der Waals surface area contributed by atoms with Gasteiger partial charge in [-0.1, -0.05) is 6.92 Å². The zero-order chi connectivity index (χ0) is 22.8. The molecule has 0 bridgehead atoms. The SMILES string of the molecule is CCc1cc(C(=O)Nc2ccc3sc(-c4ccnc(N)n4)c(C)c3c2)cc(OC)c1OC. The van der Waals surface area contributed by atoms with Crippen LogP contribution < -0.4 is 20.5 Å². The molecule has 32 heavy (non-hydrogen) atoms. The molecule has 7 nitrogen and oxygen atoms in total. The fourth-order valence-electron chi connectivity index (χ4n) is 3.68. The number of nitrogen functional groups attached to an aromatic ring is 1. The van der Waals surface area contributed by atoms with Gasteiger partial charge in [0.15, 0.2) is 11.5 Å². The van der Waals surface area contributed by atoms with Crippen molar-refractivity contribution in [2.75, 3.05) is 25.3 Å². The highest BCUT2D eigenvalue weighted by atomic mass is 32.1. The maximum absolute atomic E-state index is 13.0. The Labute approximate surface area is 190 Å². The van der Waals surface area contributed by atoms with Crippen LogP contribution in [0.5, 0.6) is 11.5 Å². The lowest BCUT2D eigenvalue weighted by molar-refractivity contribution is 0.102. The number of amides is 1. The number of nitrogens with one attached hydrogen (secondary N) is 1. The van der Waals surface area contributed by atoms with E-state index in [9.17, 15) is 4.79 Å². The number of aromatic nitrogens is 2. The zero-order valence-electron chi connectivity index (χ0n) is 18.4. The number of carbonyl (C=O) groups excluding carboxylic acids is 1. The summed E-state index contributed by atoms with van der Waals surface area (Å²) in [5, 5.41) is 4.06. The first-order valence-electron chi connectivity index (χ1n) is 10.1. The number of hydrogen-bond donors (Lipinski definition) is 2. The number of methoxy groups -OCH3 is 2. The van der Waals surface area contributed by atoms with Crippen LogP contribution in [-0.4, -0.2) is 30.1 Å². The summed E-state index contributed by atoms with van der Waals surface area (Å²) in [6, 6.07) is 11.3. The Hall–Kier alpha value is -3.65. The number of nitrogens with zero attached hydrogens (tertiary/aromatic N) is 2. The molecule has 4 aromatic rings. The molecule has 4 rings (SSSR count). The van der Waals surface area contributed by atoms with Crippen molar-refractivity contribution in [3.8, 4) is 22.1 Å². The number of benzene rings is 2. The maximum Gasteiger partial charge on any atom is 0.255 e. The molecule has 0 aliphatic rings. The number of aryl methyl sites for hydroxylation is 2. The Morgan fingerprint density at radius 2 is 1.97 bits per heavy atom. The number of rotatable bonds is 6. The van der Waals surface area contributed by atoms with Gasteiger partial charge in [-0.05, 0) is 66.3 Å². The Kier molecular flexibility index (Phi) is 5.96. The smallest absolute Gasteiger partial charge is 0.255 e. The molecular weight excluding hydrogens is 424 g/mol. The second-order valence-corrected chi connectivity index (χ2v) is 8.30. The minimum atomic E-state index is -0.211. The van der Waals surface area contributed by atoms with E-state index in [1.807, 2.05) is 44.2 Å². The number of carbonyl (C=O) groups is 1. The van der Waals surface area contributed by atoms with E-state index in [1.165, 1.54) is 0 Å². The van der Waals surface area contributed by atoms with Crippen molar-refractivity contribution in [2.24, 2.45) is 0 Å². The minimum absolute atomic E-state index is 0.211. The average molecular weight is 449 g/mol. The monoisotopic (exact) mass is 448 g/mol. The van der Waals surface area contributed by atoms with Gasteiger partial charge in [0.25, 0.3) is 5.91 Å². The molecule has 0 spiro atoms. The van der Waals surface area contributed by atoms with Crippen molar-refractivity contribution in [1.82, 2.24) is 9.97 Å². The third kappa shape index (κ3) is 3.97. The Balaban J connectivity index is 1.66. The Morgan fingerprint density at radius 3 is 2.66 bits per heavy atom. The lowest BCUT2D eigenvalue weighted by Crippen LogP contribution is -2.13. The van der Waals surface area contributed by atoms with Crippen LogP contribution in [-0.2, 0) is 6.42 Å². The molecular formula is C24H24N4O3S. The van der Waals surface area contributed by atoms with Crippen molar-refractivity contribution in [1.29, 1.82) is 0 Å². The largest absolute Gasteiger partial charge is 0.493 e. The number of ether oxygens (including phenoxy) is 2. The third-order valence-corrected chi connectivity index (χ3v) is 6.60. The lowest BCUT2D eigenvalue weighted by Gasteiger charge is -2.14. The molecule has 164 valence electrons.